The smallest absolute Gasteiger partial charge is 0.233 e. The van der Waals surface area contributed by atoms with Crippen LogP contribution in [0.5, 0.6) is 0 Å². The molecule has 2 heterocycles. The lowest BCUT2D eigenvalue weighted by molar-refractivity contribution is -0.130. The van der Waals surface area contributed by atoms with Crippen LogP contribution in [-0.2, 0) is 14.6 Å². The normalized spacial score (nSPS) is 20.6. The summed E-state index contributed by atoms with van der Waals surface area (Å²) in [5, 5.41) is 5.25. The largest absolute Gasteiger partial charge is 0.338 e. The second-order valence-electron chi connectivity index (χ2n) is 8.56. The van der Waals surface area contributed by atoms with Crippen LogP contribution in [0.1, 0.15) is 44.9 Å². The molecule has 1 saturated carbocycles. The number of carbonyl (C=O) groups is 1. The van der Waals surface area contributed by atoms with Crippen molar-refractivity contribution in [3.05, 3.63) is 36.2 Å². The molecule has 0 spiro atoms. The number of para-hydroxylation sites is 1. The van der Waals surface area contributed by atoms with E-state index in [1.165, 1.54) is 11.8 Å². The fraction of sp³-hybridized carbons (Fsp3) is 0.571. The Balaban J connectivity index is 1.47. The van der Waals surface area contributed by atoms with Crippen molar-refractivity contribution in [2.45, 2.75) is 50.2 Å². The Morgan fingerprint density at radius 2 is 1.97 bits per heavy atom. The first kappa shape index (κ1) is 21.4. The molecule has 0 bridgehead atoms. The highest BCUT2D eigenvalue weighted by atomic mass is 32.2. The predicted octanol–water partition coefficient (Wildman–Crippen LogP) is 2.91. The third-order valence-electron chi connectivity index (χ3n) is 5.41. The van der Waals surface area contributed by atoms with Crippen LogP contribution in [0.3, 0.4) is 0 Å². The molecule has 7 nitrogen and oxygen atoms in total. The van der Waals surface area contributed by atoms with E-state index >= 15 is 0 Å². The van der Waals surface area contributed by atoms with E-state index in [1.807, 2.05) is 48.9 Å². The number of amides is 1. The van der Waals surface area contributed by atoms with Gasteiger partial charge in [-0.05, 0) is 37.3 Å². The van der Waals surface area contributed by atoms with Crippen LogP contribution in [-0.4, -0.2) is 63.8 Å². The lowest BCUT2D eigenvalue weighted by atomic mass is 10.1. The second kappa shape index (κ2) is 8.70. The van der Waals surface area contributed by atoms with Gasteiger partial charge in [-0.15, -0.1) is 5.10 Å². The molecular weight excluding hydrogens is 420 g/mol. The number of benzene rings is 1. The Labute approximate surface area is 182 Å². The van der Waals surface area contributed by atoms with E-state index in [1.54, 1.807) is 4.90 Å². The zero-order valence-electron chi connectivity index (χ0n) is 17.4. The van der Waals surface area contributed by atoms with Gasteiger partial charge in [-0.1, -0.05) is 43.8 Å². The lowest BCUT2D eigenvalue weighted by Crippen LogP contribution is -2.44. The molecule has 1 aliphatic heterocycles. The Morgan fingerprint density at radius 3 is 2.57 bits per heavy atom. The zero-order valence-corrected chi connectivity index (χ0v) is 19.0. The topological polar surface area (TPSA) is 85.2 Å². The predicted molar refractivity (Wildman–Crippen MR) is 118 cm³/mol. The number of rotatable bonds is 8. The van der Waals surface area contributed by atoms with Gasteiger partial charge in [0.1, 0.15) is 5.82 Å². The van der Waals surface area contributed by atoms with E-state index in [2.05, 4.69) is 5.10 Å². The molecule has 162 valence electrons. The van der Waals surface area contributed by atoms with E-state index in [4.69, 9.17) is 4.98 Å². The third-order valence-corrected chi connectivity index (χ3v) is 7.98. The monoisotopic (exact) mass is 448 g/mol. The van der Waals surface area contributed by atoms with Crippen LogP contribution in [0.2, 0.25) is 0 Å². The molecular formula is C21H28N4O3S2. The minimum Gasteiger partial charge on any atom is -0.338 e. The standard InChI is InChI=1S/C21H28N4O3S2/c1-15(2)12-24(18-10-11-30(27,28)14-18)19(26)13-29-21-22-20(16-8-9-16)25(23-21)17-6-4-3-5-7-17/h3-7,15-16,18H,8-14H2,1-2H3/t18-/m0/s1. The van der Waals surface area contributed by atoms with Crippen LogP contribution in [0.15, 0.2) is 35.5 Å². The van der Waals surface area contributed by atoms with Crippen molar-refractivity contribution in [2.24, 2.45) is 5.92 Å². The van der Waals surface area contributed by atoms with Crippen molar-refractivity contribution in [1.82, 2.24) is 19.7 Å². The van der Waals surface area contributed by atoms with Crippen molar-refractivity contribution in [2.75, 3.05) is 23.8 Å². The molecule has 1 aromatic heterocycles. The van der Waals surface area contributed by atoms with E-state index < -0.39 is 9.84 Å². The van der Waals surface area contributed by atoms with Crippen LogP contribution in [0.25, 0.3) is 5.69 Å². The summed E-state index contributed by atoms with van der Waals surface area (Å²) >= 11 is 1.33. The summed E-state index contributed by atoms with van der Waals surface area (Å²) in [6, 6.07) is 9.71. The average Bonchev–Trinajstić information content (AvgIpc) is 3.37. The van der Waals surface area contributed by atoms with Gasteiger partial charge in [0, 0.05) is 18.5 Å². The molecule has 2 aliphatic rings. The number of nitrogens with zero attached hydrogens (tertiary/aromatic N) is 4. The molecule has 4 rings (SSSR count). The molecule has 1 amide bonds. The molecule has 2 fully saturated rings. The second-order valence-corrected chi connectivity index (χ2v) is 11.7. The third kappa shape index (κ3) is 5.06. The number of carbonyl (C=O) groups excluding carboxylic acids is 1. The van der Waals surface area contributed by atoms with Crippen LogP contribution in [0, 0.1) is 5.92 Å². The van der Waals surface area contributed by atoms with Crippen molar-refractivity contribution in [3.63, 3.8) is 0 Å². The van der Waals surface area contributed by atoms with Gasteiger partial charge < -0.3 is 4.90 Å². The van der Waals surface area contributed by atoms with Crippen LogP contribution in [0.4, 0.5) is 0 Å². The lowest BCUT2D eigenvalue weighted by Gasteiger charge is -2.29. The molecule has 1 aliphatic carbocycles. The first-order valence-corrected chi connectivity index (χ1v) is 13.3. The van der Waals surface area contributed by atoms with Crippen molar-refractivity contribution >= 4 is 27.5 Å². The van der Waals surface area contributed by atoms with E-state index in [9.17, 15) is 13.2 Å². The van der Waals surface area contributed by atoms with Crippen molar-refractivity contribution < 1.29 is 13.2 Å². The first-order valence-electron chi connectivity index (χ1n) is 10.5. The molecule has 1 atom stereocenters. The fourth-order valence-electron chi connectivity index (χ4n) is 3.81. The number of hydrogen-bond donors (Lipinski definition) is 0. The van der Waals surface area contributed by atoms with Crippen LogP contribution >= 0.6 is 11.8 Å². The van der Waals surface area contributed by atoms with Gasteiger partial charge in [-0.3, -0.25) is 4.79 Å². The first-order chi connectivity index (χ1) is 14.3. The summed E-state index contributed by atoms with van der Waals surface area (Å²) in [6.07, 6.45) is 2.76. The quantitative estimate of drug-likeness (QED) is 0.577. The Kier molecular flexibility index (Phi) is 6.20. The number of thioether (sulfide) groups is 1. The van der Waals surface area contributed by atoms with Gasteiger partial charge in [-0.2, -0.15) is 0 Å². The summed E-state index contributed by atoms with van der Waals surface area (Å²) in [4.78, 5) is 19.5. The fourth-order valence-corrected chi connectivity index (χ4v) is 6.26. The summed E-state index contributed by atoms with van der Waals surface area (Å²) in [5.74, 6) is 2.08. The Morgan fingerprint density at radius 1 is 1.23 bits per heavy atom. The number of sulfone groups is 1. The molecule has 30 heavy (non-hydrogen) atoms. The summed E-state index contributed by atoms with van der Waals surface area (Å²) in [5.41, 5.74) is 0.975. The molecule has 0 unspecified atom stereocenters. The van der Waals surface area contributed by atoms with Gasteiger partial charge in [0.25, 0.3) is 0 Å². The molecule has 1 aromatic carbocycles. The number of aromatic nitrogens is 3. The minimum absolute atomic E-state index is 0.0418. The van der Waals surface area contributed by atoms with Gasteiger partial charge in [0.2, 0.25) is 11.1 Å². The number of hydrogen-bond acceptors (Lipinski definition) is 6. The van der Waals surface area contributed by atoms with Crippen molar-refractivity contribution in [1.29, 1.82) is 0 Å². The maximum Gasteiger partial charge on any atom is 0.233 e. The molecule has 2 aromatic rings. The van der Waals surface area contributed by atoms with E-state index in [-0.39, 0.29) is 35.1 Å². The van der Waals surface area contributed by atoms with Gasteiger partial charge in [-0.25, -0.2) is 18.1 Å². The average molecular weight is 449 g/mol. The molecule has 1 saturated heterocycles. The van der Waals surface area contributed by atoms with Crippen molar-refractivity contribution in [3.8, 4) is 5.69 Å². The highest BCUT2D eigenvalue weighted by Crippen LogP contribution is 2.40. The minimum atomic E-state index is -3.04. The van der Waals surface area contributed by atoms with Gasteiger partial charge in [0.05, 0.1) is 22.9 Å². The maximum atomic E-state index is 13.0. The maximum absolute atomic E-state index is 13.0. The highest BCUT2D eigenvalue weighted by Gasteiger charge is 2.35. The van der Waals surface area contributed by atoms with Gasteiger partial charge >= 0.3 is 0 Å². The highest BCUT2D eigenvalue weighted by molar-refractivity contribution is 7.99. The zero-order chi connectivity index (χ0) is 21.3. The van der Waals surface area contributed by atoms with E-state index in [0.29, 0.717) is 24.0 Å². The Bertz CT molecular complexity index is 1000. The Hall–Kier alpha value is -1.87. The van der Waals surface area contributed by atoms with Gasteiger partial charge in [0.15, 0.2) is 9.84 Å². The molecule has 0 radical (unpaired) electrons. The molecule has 0 N–H and O–H groups in total. The summed E-state index contributed by atoms with van der Waals surface area (Å²) < 4.78 is 25.7. The molecule has 9 heteroatoms. The van der Waals surface area contributed by atoms with E-state index in [0.717, 1.165) is 24.4 Å². The SMILES string of the molecule is CC(C)CN(C(=O)CSc1nc(C2CC2)n(-c2ccccc2)n1)[C@H]1CCS(=O)(=O)C1. The summed E-state index contributed by atoms with van der Waals surface area (Å²) in [6.45, 7) is 4.66. The summed E-state index contributed by atoms with van der Waals surface area (Å²) in [7, 11) is -3.04. The van der Waals surface area contributed by atoms with Crippen LogP contribution < -0.4 is 0 Å².